The van der Waals surface area contributed by atoms with Crippen LogP contribution in [0.3, 0.4) is 0 Å². The van der Waals surface area contributed by atoms with Gasteiger partial charge in [-0.1, -0.05) is 13.8 Å². The minimum atomic E-state index is -3.14. The maximum absolute atomic E-state index is 12.5. The molecule has 0 spiro atoms. The van der Waals surface area contributed by atoms with Gasteiger partial charge in [0.1, 0.15) is 0 Å². The topological polar surface area (TPSA) is 52.7 Å². The van der Waals surface area contributed by atoms with E-state index < -0.39 is 10.0 Å². The maximum atomic E-state index is 12.5. The molecule has 1 saturated heterocycles. The van der Waals surface area contributed by atoms with E-state index in [4.69, 9.17) is 0 Å². The molecule has 1 saturated carbocycles. The van der Waals surface area contributed by atoms with Crippen LogP contribution in [-0.4, -0.2) is 68.2 Å². The van der Waals surface area contributed by atoms with E-state index in [1.54, 1.807) is 4.31 Å². The summed E-state index contributed by atoms with van der Waals surface area (Å²) in [5, 5.41) is 3.00. The molecule has 0 radical (unpaired) electrons. The van der Waals surface area contributed by atoms with Gasteiger partial charge in [0.15, 0.2) is 0 Å². The Balaban J connectivity index is 1.80. The predicted molar refractivity (Wildman–Crippen MR) is 82.3 cm³/mol. The third kappa shape index (κ3) is 4.41. The van der Waals surface area contributed by atoms with E-state index in [9.17, 15) is 8.42 Å². The van der Waals surface area contributed by atoms with Gasteiger partial charge in [-0.3, -0.25) is 0 Å². The van der Waals surface area contributed by atoms with Gasteiger partial charge in [-0.15, -0.1) is 0 Å². The van der Waals surface area contributed by atoms with Crippen LogP contribution in [0.25, 0.3) is 0 Å². The first kappa shape index (κ1) is 16.2. The molecule has 5 nitrogen and oxygen atoms in total. The van der Waals surface area contributed by atoms with Crippen molar-refractivity contribution in [3.63, 3.8) is 0 Å². The van der Waals surface area contributed by atoms with Gasteiger partial charge in [0, 0.05) is 45.3 Å². The van der Waals surface area contributed by atoms with Gasteiger partial charge < -0.3 is 10.2 Å². The fourth-order valence-electron chi connectivity index (χ4n) is 2.66. The van der Waals surface area contributed by atoms with Crippen LogP contribution in [0, 0.1) is 5.92 Å². The first-order valence-corrected chi connectivity index (χ1v) is 9.34. The van der Waals surface area contributed by atoms with Crippen LogP contribution in [0.1, 0.15) is 33.6 Å². The van der Waals surface area contributed by atoms with Gasteiger partial charge in [0.2, 0.25) is 10.0 Å². The van der Waals surface area contributed by atoms with Gasteiger partial charge in [-0.2, -0.15) is 4.31 Å². The van der Waals surface area contributed by atoms with Crippen molar-refractivity contribution in [2.45, 2.75) is 44.9 Å². The Morgan fingerprint density at radius 1 is 1.10 bits per heavy atom. The largest absolute Gasteiger partial charge is 0.313 e. The monoisotopic (exact) mass is 303 g/mol. The summed E-state index contributed by atoms with van der Waals surface area (Å²) in [7, 11) is -3.14. The average Bonchev–Trinajstić information content (AvgIpc) is 3.19. The molecular weight excluding hydrogens is 274 g/mol. The molecule has 2 fully saturated rings. The summed E-state index contributed by atoms with van der Waals surface area (Å²) < 4.78 is 26.7. The zero-order valence-corrected chi connectivity index (χ0v) is 13.8. The molecule has 1 N–H and O–H groups in total. The van der Waals surface area contributed by atoms with Crippen LogP contribution in [0.2, 0.25) is 0 Å². The predicted octanol–water partition coefficient (Wildman–Crippen LogP) is 0.730. The zero-order chi connectivity index (χ0) is 14.8. The lowest BCUT2D eigenvalue weighted by atomic mass is 10.2. The van der Waals surface area contributed by atoms with Crippen LogP contribution < -0.4 is 5.32 Å². The fourth-order valence-corrected chi connectivity index (χ4v) is 4.15. The molecule has 0 bridgehead atoms. The molecule has 2 rings (SSSR count). The first-order chi connectivity index (χ1) is 9.39. The molecular formula is C14H29N3O2S. The molecule has 0 amide bonds. The van der Waals surface area contributed by atoms with E-state index in [2.05, 4.69) is 24.1 Å². The van der Waals surface area contributed by atoms with E-state index >= 15 is 0 Å². The summed E-state index contributed by atoms with van der Waals surface area (Å²) in [6, 6.07) is 0.565. The highest BCUT2D eigenvalue weighted by atomic mass is 32.2. The summed E-state index contributed by atoms with van der Waals surface area (Å²) in [5.41, 5.74) is 0. The summed E-state index contributed by atoms with van der Waals surface area (Å²) in [5.74, 6) is 0.639. The Labute approximate surface area is 123 Å². The molecule has 20 heavy (non-hydrogen) atoms. The molecule has 2 aliphatic rings. The van der Waals surface area contributed by atoms with E-state index in [0.29, 0.717) is 31.6 Å². The van der Waals surface area contributed by atoms with Crippen molar-refractivity contribution in [3.8, 4) is 0 Å². The summed E-state index contributed by atoms with van der Waals surface area (Å²) in [6.45, 7) is 10.9. The SMILES string of the molecule is CC(C)CN1CCN(S(=O)(=O)C(C)CNC2CC2)CC1. The molecule has 0 aromatic rings. The average molecular weight is 303 g/mol. The Morgan fingerprint density at radius 2 is 1.70 bits per heavy atom. The van der Waals surface area contributed by atoms with Crippen molar-refractivity contribution >= 4 is 10.0 Å². The molecule has 0 aromatic carbocycles. The normalized spacial score (nSPS) is 24.2. The third-order valence-corrected chi connectivity index (χ3v) is 6.36. The molecule has 1 aliphatic carbocycles. The Kier molecular flexibility index (Phi) is 5.45. The maximum Gasteiger partial charge on any atom is 0.218 e. The second kappa shape index (κ2) is 6.73. The Bertz CT molecular complexity index is 399. The van der Waals surface area contributed by atoms with Crippen molar-refractivity contribution in [1.82, 2.24) is 14.5 Å². The number of hydrogen-bond donors (Lipinski definition) is 1. The molecule has 1 heterocycles. The highest BCUT2D eigenvalue weighted by Gasteiger charge is 2.32. The van der Waals surface area contributed by atoms with Crippen LogP contribution in [0.15, 0.2) is 0 Å². The van der Waals surface area contributed by atoms with E-state index in [1.165, 1.54) is 12.8 Å². The van der Waals surface area contributed by atoms with Gasteiger partial charge >= 0.3 is 0 Å². The van der Waals surface area contributed by atoms with E-state index in [1.807, 2.05) is 6.92 Å². The van der Waals surface area contributed by atoms with Crippen molar-refractivity contribution < 1.29 is 8.42 Å². The fraction of sp³-hybridized carbons (Fsp3) is 1.00. The highest BCUT2D eigenvalue weighted by molar-refractivity contribution is 7.89. The lowest BCUT2D eigenvalue weighted by Gasteiger charge is -2.36. The van der Waals surface area contributed by atoms with Crippen LogP contribution in [-0.2, 0) is 10.0 Å². The summed E-state index contributed by atoms with van der Waals surface area (Å²) in [6.07, 6.45) is 2.39. The number of nitrogens with zero attached hydrogens (tertiary/aromatic N) is 2. The molecule has 0 aromatic heterocycles. The minimum Gasteiger partial charge on any atom is -0.313 e. The number of nitrogens with one attached hydrogen (secondary N) is 1. The second-order valence-electron chi connectivity index (χ2n) is 6.63. The highest BCUT2D eigenvalue weighted by Crippen LogP contribution is 2.19. The number of rotatable bonds is 7. The third-order valence-electron chi connectivity index (χ3n) is 4.09. The number of hydrogen-bond acceptors (Lipinski definition) is 4. The van der Waals surface area contributed by atoms with Gasteiger partial charge in [0.25, 0.3) is 0 Å². The van der Waals surface area contributed by atoms with Gasteiger partial charge in [-0.05, 0) is 25.7 Å². The lowest BCUT2D eigenvalue weighted by molar-refractivity contribution is 0.171. The quantitative estimate of drug-likeness (QED) is 0.753. The van der Waals surface area contributed by atoms with E-state index in [-0.39, 0.29) is 5.25 Å². The summed E-state index contributed by atoms with van der Waals surface area (Å²) in [4.78, 5) is 2.36. The Morgan fingerprint density at radius 3 is 2.20 bits per heavy atom. The van der Waals surface area contributed by atoms with Gasteiger partial charge in [-0.25, -0.2) is 8.42 Å². The molecule has 1 aliphatic heterocycles. The smallest absolute Gasteiger partial charge is 0.218 e. The van der Waals surface area contributed by atoms with E-state index in [0.717, 1.165) is 19.6 Å². The minimum absolute atomic E-state index is 0.320. The van der Waals surface area contributed by atoms with Crippen LogP contribution in [0.4, 0.5) is 0 Å². The zero-order valence-electron chi connectivity index (χ0n) is 13.0. The molecule has 1 unspecified atom stereocenters. The van der Waals surface area contributed by atoms with Crippen LogP contribution in [0.5, 0.6) is 0 Å². The molecule has 118 valence electrons. The number of piperazine rings is 1. The number of sulfonamides is 1. The van der Waals surface area contributed by atoms with Crippen molar-refractivity contribution in [1.29, 1.82) is 0 Å². The van der Waals surface area contributed by atoms with Crippen molar-refractivity contribution in [2.24, 2.45) is 5.92 Å². The molecule has 6 heteroatoms. The van der Waals surface area contributed by atoms with Crippen molar-refractivity contribution in [2.75, 3.05) is 39.3 Å². The van der Waals surface area contributed by atoms with Crippen molar-refractivity contribution in [3.05, 3.63) is 0 Å². The first-order valence-electron chi connectivity index (χ1n) is 7.84. The van der Waals surface area contributed by atoms with Crippen LogP contribution >= 0.6 is 0 Å². The summed E-state index contributed by atoms with van der Waals surface area (Å²) >= 11 is 0. The standard InChI is InChI=1S/C14H29N3O2S/c1-12(2)11-16-6-8-17(9-7-16)20(18,19)13(3)10-15-14-4-5-14/h12-15H,4-11H2,1-3H3. The van der Waals surface area contributed by atoms with Gasteiger partial charge in [0.05, 0.1) is 5.25 Å². The second-order valence-corrected chi connectivity index (χ2v) is 8.98. The molecule has 1 atom stereocenters. The Hall–Kier alpha value is -0.170. The lowest BCUT2D eigenvalue weighted by Crippen LogP contribution is -2.52.